The lowest BCUT2D eigenvalue weighted by atomic mass is 10.4. The maximum Gasteiger partial charge on any atom is 0.225 e. The molecule has 0 radical (unpaired) electrons. The van der Waals surface area contributed by atoms with Crippen LogP contribution in [0.4, 0.5) is 5.95 Å². The Balaban J connectivity index is 2.57. The van der Waals surface area contributed by atoms with Crippen LogP contribution in [0.25, 0.3) is 0 Å². The van der Waals surface area contributed by atoms with E-state index in [0.717, 1.165) is 0 Å². The van der Waals surface area contributed by atoms with Crippen LogP contribution in [-0.4, -0.2) is 36.8 Å². The molecule has 78 valence electrons. The molecular formula is C9H15N3O2. The van der Waals surface area contributed by atoms with Gasteiger partial charge in [-0.2, -0.15) is 4.98 Å². The number of aromatic nitrogens is 2. The van der Waals surface area contributed by atoms with Crippen molar-refractivity contribution in [1.29, 1.82) is 0 Å². The molecule has 1 aromatic rings. The van der Waals surface area contributed by atoms with E-state index in [1.165, 1.54) is 0 Å². The fraction of sp³-hybridized carbons (Fsp3) is 0.556. The summed E-state index contributed by atoms with van der Waals surface area (Å²) in [6.07, 6.45) is 1.63. The van der Waals surface area contributed by atoms with E-state index in [4.69, 9.17) is 9.47 Å². The molecule has 0 fully saturated rings. The van der Waals surface area contributed by atoms with Crippen molar-refractivity contribution in [1.82, 2.24) is 9.97 Å². The topological polar surface area (TPSA) is 56.3 Å². The van der Waals surface area contributed by atoms with Crippen LogP contribution in [0, 0.1) is 0 Å². The van der Waals surface area contributed by atoms with Gasteiger partial charge in [-0.05, 0) is 6.92 Å². The molecule has 14 heavy (non-hydrogen) atoms. The Bertz CT molecular complexity index is 281. The molecule has 0 aliphatic rings. The van der Waals surface area contributed by atoms with Crippen LogP contribution in [0.3, 0.4) is 0 Å². The lowest BCUT2D eigenvalue weighted by Gasteiger charge is -2.12. The van der Waals surface area contributed by atoms with E-state index in [1.54, 1.807) is 26.4 Å². The molecule has 0 aliphatic carbocycles. The van der Waals surface area contributed by atoms with E-state index in [2.05, 4.69) is 15.3 Å². The molecule has 1 aromatic heterocycles. The van der Waals surface area contributed by atoms with Gasteiger partial charge >= 0.3 is 0 Å². The van der Waals surface area contributed by atoms with E-state index < -0.39 is 0 Å². The fourth-order valence-electron chi connectivity index (χ4n) is 1.00. The minimum Gasteiger partial charge on any atom is -0.472 e. The van der Waals surface area contributed by atoms with Crippen molar-refractivity contribution >= 4 is 5.95 Å². The highest BCUT2D eigenvalue weighted by Gasteiger charge is 2.04. The molecule has 1 N–H and O–H groups in total. The predicted molar refractivity (Wildman–Crippen MR) is 53.5 cm³/mol. The maximum atomic E-state index is 5.48. The van der Waals surface area contributed by atoms with Gasteiger partial charge in [-0.1, -0.05) is 0 Å². The zero-order valence-electron chi connectivity index (χ0n) is 8.65. The van der Waals surface area contributed by atoms with Gasteiger partial charge in [-0.25, -0.2) is 4.98 Å². The third-order valence-electron chi connectivity index (χ3n) is 1.58. The van der Waals surface area contributed by atoms with Crippen LogP contribution in [0.15, 0.2) is 12.3 Å². The maximum absolute atomic E-state index is 5.48. The highest BCUT2D eigenvalue weighted by atomic mass is 16.5. The first-order valence-corrected chi connectivity index (χ1v) is 4.42. The first-order valence-electron chi connectivity index (χ1n) is 4.42. The standard InChI is InChI=1S/C9H15N3O2/c1-7(6-13-3)14-8-4-5-11-9(10-2)12-8/h4-5,7H,6H2,1-3H3,(H,10,11,12). The first kappa shape index (κ1) is 10.7. The summed E-state index contributed by atoms with van der Waals surface area (Å²) in [7, 11) is 3.40. The smallest absolute Gasteiger partial charge is 0.225 e. The molecule has 1 heterocycles. The van der Waals surface area contributed by atoms with Crippen LogP contribution >= 0.6 is 0 Å². The Kier molecular flexibility index (Phi) is 4.12. The molecular weight excluding hydrogens is 182 g/mol. The molecule has 0 saturated carbocycles. The Morgan fingerprint density at radius 3 is 3.00 bits per heavy atom. The number of hydrogen-bond acceptors (Lipinski definition) is 5. The minimum absolute atomic E-state index is 0.0143. The van der Waals surface area contributed by atoms with Crippen molar-refractivity contribution in [2.24, 2.45) is 0 Å². The number of methoxy groups -OCH3 is 1. The highest BCUT2D eigenvalue weighted by molar-refractivity contribution is 5.26. The summed E-state index contributed by atoms with van der Waals surface area (Å²) in [5.74, 6) is 1.10. The van der Waals surface area contributed by atoms with Crippen LogP contribution in [-0.2, 0) is 4.74 Å². The number of ether oxygens (including phenoxy) is 2. The minimum atomic E-state index is -0.0143. The average Bonchev–Trinajstić information content (AvgIpc) is 2.18. The second-order valence-electron chi connectivity index (χ2n) is 2.85. The molecule has 0 spiro atoms. The van der Waals surface area contributed by atoms with Gasteiger partial charge in [0.2, 0.25) is 11.8 Å². The lowest BCUT2D eigenvalue weighted by molar-refractivity contribution is 0.0890. The molecule has 1 atom stereocenters. The van der Waals surface area contributed by atoms with Gasteiger partial charge in [0.1, 0.15) is 6.10 Å². The van der Waals surface area contributed by atoms with Crippen molar-refractivity contribution in [2.45, 2.75) is 13.0 Å². The molecule has 0 bridgehead atoms. The molecule has 0 amide bonds. The van der Waals surface area contributed by atoms with Gasteiger partial charge in [0.15, 0.2) is 0 Å². The van der Waals surface area contributed by atoms with Crippen molar-refractivity contribution in [3.05, 3.63) is 12.3 Å². The number of rotatable bonds is 5. The second kappa shape index (κ2) is 5.39. The normalized spacial score (nSPS) is 12.2. The van der Waals surface area contributed by atoms with Gasteiger partial charge in [0.25, 0.3) is 0 Å². The van der Waals surface area contributed by atoms with E-state index in [0.29, 0.717) is 18.4 Å². The Hall–Kier alpha value is -1.36. The molecule has 5 nitrogen and oxygen atoms in total. The van der Waals surface area contributed by atoms with Crippen molar-refractivity contribution in [2.75, 3.05) is 26.1 Å². The van der Waals surface area contributed by atoms with Crippen LogP contribution in [0.2, 0.25) is 0 Å². The van der Waals surface area contributed by atoms with Gasteiger partial charge in [-0.3, -0.25) is 0 Å². The summed E-state index contributed by atoms with van der Waals surface area (Å²) < 4.78 is 10.4. The summed E-state index contributed by atoms with van der Waals surface area (Å²) in [6, 6.07) is 1.72. The van der Waals surface area contributed by atoms with Crippen molar-refractivity contribution < 1.29 is 9.47 Å². The Morgan fingerprint density at radius 2 is 2.36 bits per heavy atom. The Labute approximate surface area is 83.5 Å². The zero-order valence-corrected chi connectivity index (χ0v) is 8.65. The van der Waals surface area contributed by atoms with Gasteiger partial charge in [-0.15, -0.1) is 0 Å². The molecule has 5 heteroatoms. The van der Waals surface area contributed by atoms with E-state index in [-0.39, 0.29) is 6.10 Å². The molecule has 1 rings (SSSR count). The van der Waals surface area contributed by atoms with E-state index >= 15 is 0 Å². The quantitative estimate of drug-likeness (QED) is 0.761. The zero-order chi connectivity index (χ0) is 10.4. The summed E-state index contributed by atoms with van der Waals surface area (Å²) in [5, 5.41) is 2.84. The van der Waals surface area contributed by atoms with Crippen LogP contribution in [0.1, 0.15) is 6.92 Å². The average molecular weight is 197 g/mol. The summed E-state index contributed by atoms with van der Waals surface area (Å²) >= 11 is 0. The summed E-state index contributed by atoms with van der Waals surface area (Å²) in [5.41, 5.74) is 0. The fourth-order valence-corrected chi connectivity index (χ4v) is 1.00. The lowest BCUT2D eigenvalue weighted by Crippen LogP contribution is -2.18. The SMILES string of the molecule is CNc1nccc(OC(C)COC)n1. The second-order valence-corrected chi connectivity index (χ2v) is 2.85. The molecule has 0 aliphatic heterocycles. The predicted octanol–water partition coefficient (Wildman–Crippen LogP) is 0.932. The number of anilines is 1. The molecule has 0 aromatic carbocycles. The molecule has 1 unspecified atom stereocenters. The summed E-state index contributed by atoms with van der Waals surface area (Å²) in [4.78, 5) is 8.09. The number of hydrogen-bond donors (Lipinski definition) is 1. The van der Waals surface area contributed by atoms with E-state index in [9.17, 15) is 0 Å². The largest absolute Gasteiger partial charge is 0.472 e. The summed E-state index contributed by atoms with van der Waals surface area (Å²) in [6.45, 7) is 2.46. The molecule has 0 saturated heterocycles. The third-order valence-corrected chi connectivity index (χ3v) is 1.58. The van der Waals surface area contributed by atoms with Crippen molar-refractivity contribution in [3.63, 3.8) is 0 Å². The monoisotopic (exact) mass is 197 g/mol. The number of nitrogens with one attached hydrogen (secondary N) is 1. The Morgan fingerprint density at radius 1 is 1.57 bits per heavy atom. The van der Waals surface area contributed by atoms with Gasteiger partial charge in [0, 0.05) is 26.4 Å². The highest BCUT2D eigenvalue weighted by Crippen LogP contribution is 2.09. The van der Waals surface area contributed by atoms with Crippen molar-refractivity contribution in [3.8, 4) is 5.88 Å². The van der Waals surface area contributed by atoms with Crippen LogP contribution in [0.5, 0.6) is 5.88 Å². The number of nitrogens with zero attached hydrogens (tertiary/aromatic N) is 2. The van der Waals surface area contributed by atoms with Crippen LogP contribution < -0.4 is 10.1 Å². The first-order chi connectivity index (χ1) is 6.76. The van der Waals surface area contributed by atoms with Gasteiger partial charge < -0.3 is 14.8 Å². The van der Waals surface area contributed by atoms with Gasteiger partial charge in [0.05, 0.1) is 6.61 Å². The van der Waals surface area contributed by atoms with E-state index in [1.807, 2.05) is 6.92 Å². The third kappa shape index (κ3) is 3.18.